The fourth-order valence-electron chi connectivity index (χ4n) is 1.67. The Bertz CT molecular complexity index is 330. The van der Waals surface area contributed by atoms with Crippen molar-refractivity contribution in [2.75, 3.05) is 6.54 Å². The fraction of sp³-hybridized carbons (Fsp3) is 0.600. The lowest BCUT2D eigenvalue weighted by atomic mass is 10.0. The van der Waals surface area contributed by atoms with Gasteiger partial charge in [-0.3, -0.25) is 0 Å². The molecule has 0 aliphatic heterocycles. The molecular formula is C15H25N. The Hall–Kier alpha value is -0.820. The van der Waals surface area contributed by atoms with Gasteiger partial charge in [0.2, 0.25) is 0 Å². The summed E-state index contributed by atoms with van der Waals surface area (Å²) >= 11 is 0. The van der Waals surface area contributed by atoms with Crippen LogP contribution in [0.3, 0.4) is 0 Å². The molecule has 0 radical (unpaired) electrons. The first-order valence-electron chi connectivity index (χ1n) is 6.35. The number of nitrogens with one attached hydrogen (secondary N) is 1. The summed E-state index contributed by atoms with van der Waals surface area (Å²) in [5, 5.41) is 3.60. The summed E-state index contributed by atoms with van der Waals surface area (Å²) in [5.41, 5.74) is 4.15. The molecule has 2 unspecified atom stereocenters. The van der Waals surface area contributed by atoms with Gasteiger partial charge in [0.05, 0.1) is 0 Å². The molecule has 0 fully saturated rings. The van der Waals surface area contributed by atoms with E-state index in [1.807, 2.05) is 0 Å². The number of hydrogen-bond acceptors (Lipinski definition) is 1. The van der Waals surface area contributed by atoms with E-state index in [-0.39, 0.29) is 0 Å². The number of aryl methyl sites for hydroxylation is 2. The zero-order valence-corrected chi connectivity index (χ0v) is 11.3. The van der Waals surface area contributed by atoms with Crippen molar-refractivity contribution in [3.8, 4) is 0 Å². The first-order valence-corrected chi connectivity index (χ1v) is 6.35. The summed E-state index contributed by atoms with van der Waals surface area (Å²) in [7, 11) is 0. The van der Waals surface area contributed by atoms with Crippen molar-refractivity contribution >= 4 is 0 Å². The molecule has 0 heterocycles. The minimum Gasteiger partial charge on any atom is -0.310 e. The first-order chi connectivity index (χ1) is 7.54. The molecule has 1 N–H and O–H groups in total. The van der Waals surface area contributed by atoms with Gasteiger partial charge in [0.1, 0.15) is 0 Å². The molecule has 1 nitrogen and oxygen atoms in total. The second-order valence-electron chi connectivity index (χ2n) is 4.99. The number of hydrogen-bond donors (Lipinski definition) is 1. The Morgan fingerprint density at radius 3 is 2.38 bits per heavy atom. The average molecular weight is 219 g/mol. The van der Waals surface area contributed by atoms with Crippen LogP contribution in [-0.4, -0.2) is 6.54 Å². The first kappa shape index (κ1) is 13.2. The molecule has 1 aromatic carbocycles. The van der Waals surface area contributed by atoms with Crippen LogP contribution in [0.2, 0.25) is 0 Å². The van der Waals surface area contributed by atoms with Gasteiger partial charge in [0.15, 0.2) is 0 Å². The monoisotopic (exact) mass is 219 g/mol. The second-order valence-corrected chi connectivity index (χ2v) is 4.99. The molecule has 0 saturated heterocycles. The molecule has 0 aliphatic carbocycles. The van der Waals surface area contributed by atoms with E-state index in [2.05, 4.69) is 58.1 Å². The topological polar surface area (TPSA) is 12.0 Å². The van der Waals surface area contributed by atoms with E-state index >= 15 is 0 Å². The fourth-order valence-corrected chi connectivity index (χ4v) is 1.67. The van der Waals surface area contributed by atoms with Crippen molar-refractivity contribution in [2.45, 2.75) is 47.1 Å². The molecule has 90 valence electrons. The molecule has 0 spiro atoms. The van der Waals surface area contributed by atoms with Crippen LogP contribution < -0.4 is 5.32 Å². The third-order valence-corrected chi connectivity index (χ3v) is 3.50. The summed E-state index contributed by atoms with van der Waals surface area (Å²) in [4.78, 5) is 0. The molecule has 1 aromatic rings. The maximum absolute atomic E-state index is 3.60. The third-order valence-electron chi connectivity index (χ3n) is 3.50. The lowest BCUT2D eigenvalue weighted by Gasteiger charge is -2.18. The zero-order valence-electron chi connectivity index (χ0n) is 11.3. The summed E-state index contributed by atoms with van der Waals surface area (Å²) in [6.07, 6.45) is 1.24. The largest absolute Gasteiger partial charge is 0.310 e. The van der Waals surface area contributed by atoms with Crippen LogP contribution in [0.25, 0.3) is 0 Å². The average Bonchev–Trinajstić information content (AvgIpc) is 2.29. The molecule has 0 aliphatic rings. The molecule has 2 atom stereocenters. The Balaban J connectivity index is 2.59. The third kappa shape index (κ3) is 3.64. The van der Waals surface area contributed by atoms with Crippen LogP contribution in [0.5, 0.6) is 0 Å². The van der Waals surface area contributed by atoms with E-state index in [1.165, 1.54) is 23.1 Å². The summed E-state index contributed by atoms with van der Waals surface area (Å²) in [5.74, 6) is 0.758. The van der Waals surface area contributed by atoms with E-state index < -0.39 is 0 Å². The van der Waals surface area contributed by atoms with Crippen LogP contribution in [-0.2, 0) is 0 Å². The van der Waals surface area contributed by atoms with Crippen molar-refractivity contribution in [3.63, 3.8) is 0 Å². The quantitative estimate of drug-likeness (QED) is 0.789. The molecule has 16 heavy (non-hydrogen) atoms. The van der Waals surface area contributed by atoms with Crippen LogP contribution in [0.4, 0.5) is 0 Å². The SMILES string of the molecule is CCC(C)CNC(C)c1ccc(C)c(C)c1. The highest BCUT2D eigenvalue weighted by molar-refractivity contribution is 5.31. The minimum atomic E-state index is 0.452. The van der Waals surface area contributed by atoms with Gasteiger partial charge < -0.3 is 5.32 Å². The van der Waals surface area contributed by atoms with E-state index in [0.29, 0.717) is 6.04 Å². The standard InChI is InChI=1S/C15H25N/c1-6-11(2)10-16-14(5)15-8-7-12(3)13(4)9-15/h7-9,11,14,16H,6,10H2,1-5H3. The predicted octanol–water partition coefficient (Wildman–Crippen LogP) is 4.00. The zero-order chi connectivity index (χ0) is 12.1. The lowest BCUT2D eigenvalue weighted by molar-refractivity contribution is 0.461. The van der Waals surface area contributed by atoms with E-state index in [0.717, 1.165) is 12.5 Å². The molecule has 0 saturated carbocycles. The Kier molecular flexibility index (Phi) is 5.01. The second kappa shape index (κ2) is 6.05. The Morgan fingerprint density at radius 1 is 1.12 bits per heavy atom. The summed E-state index contributed by atoms with van der Waals surface area (Å²) in [6.45, 7) is 12.2. The number of benzene rings is 1. The smallest absolute Gasteiger partial charge is 0.0292 e. The molecule has 1 heteroatoms. The Labute approximate surface area is 100 Å². The van der Waals surface area contributed by atoms with Crippen LogP contribution in [0, 0.1) is 19.8 Å². The van der Waals surface area contributed by atoms with E-state index in [1.54, 1.807) is 0 Å². The van der Waals surface area contributed by atoms with Gasteiger partial charge >= 0.3 is 0 Å². The van der Waals surface area contributed by atoms with Crippen molar-refractivity contribution < 1.29 is 0 Å². The van der Waals surface area contributed by atoms with Gasteiger partial charge in [0.25, 0.3) is 0 Å². The molecular weight excluding hydrogens is 194 g/mol. The maximum atomic E-state index is 3.60. The van der Waals surface area contributed by atoms with Crippen LogP contribution in [0.1, 0.15) is 49.9 Å². The van der Waals surface area contributed by atoms with E-state index in [9.17, 15) is 0 Å². The Morgan fingerprint density at radius 2 is 1.81 bits per heavy atom. The van der Waals surface area contributed by atoms with Crippen molar-refractivity contribution in [1.29, 1.82) is 0 Å². The highest BCUT2D eigenvalue weighted by atomic mass is 14.9. The predicted molar refractivity (Wildman–Crippen MR) is 71.8 cm³/mol. The summed E-state index contributed by atoms with van der Waals surface area (Å²) in [6, 6.07) is 7.19. The van der Waals surface area contributed by atoms with Crippen LogP contribution in [0.15, 0.2) is 18.2 Å². The van der Waals surface area contributed by atoms with Gasteiger partial charge in [-0.1, -0.05) is 38.5 Å². The highest BCUT2D eigenvalue weighted by Crippen LogP contribution is 2.17. The van der Waals surface area contributed by atoms with Crippen LogP contribution >= 0.6 is 0 Å². The molecule has 0 aromatic heterocycles. The van der Waals surface area contributed by atoms with E-state index in [4.69, 9.17) is 0 Å². The molecule has 0 bridgehead atoms. The highest BCUT2D eigenvalue weighted by Gasteiger charge is 2.07. The normalized spacial score (nSPS) is 14.8. The lowest BCUT2D eigenvalue weighted by Crippen LogP contribution is -2.24. The van der Waals surface area contributed by atoms with Gasteiger partial charge in [-0.25, -0.2) is 0 Å². The number of rotatable bonds is 5. The molecule has 1 rings (SSSR count). The van der Waals surface area contributed by atoms with Crippen molar-refractivity contribution in [1.82, 2.24) is 5.32 Å². The maximum Gasteiger partial charge on any atom is 0.0292 e. The molecule has 0 amide bonds. The van der Waals surface area contributed by atoms with Gasteiger partial charge in [-0.15, -0.1) is 0 Å². The van der Waals surface area contributed by atoms with Crippen molar-refractivity contribution in [2.24, 2.45) is 5.92 Å². The minimum absolute atomic E-state index is 0.452. The van der Waals surface area contributed by atoms with Crippen molar-refractivity contribution in [3.05, 3.63) is 34.9 Å². The summed E-state index contributed by atoms with van der Waals surface area (Å²) < 4.78 is 0. The van der Waals surface area contributed by atoms with Gasteiger partial charge in [-0.05, 0) is 49.9 Å². The van der Waals surface area contributed by atoms with Gasteiger partial charge in [-0.2, -0.15) is 0 Å². The van der Waals surface area contributed by atoms with Gasteiger partial charge in [0, 0.05) is 6.04 Å².